The Balaban J connectivity index is 2.04. The summed E-state index contributed by atoms with van der Waals surface area (Å²) < 4.78 is 18.8. The van der Waals surface area contributed by atoms with Gasteiger partial charge in [0.2, 0.25) is 0 Å². The number of hydrogen-bond donors (Lipinski definition) is 1. The highest BCUT2D eigenvalue weighted by Crippen LogP contribution is 2.45. The summed E-state index contributed by atoms with van der Waals surface area (Å²) >= 11 is 1.68. The van der Waals surface area contributed by atoms with Crippen molar-refractivity contribution in [2.24, 2.45) is 0 Å². The number of rotatable bonds is 1. The maximum Gasteiger partial charge on any atom is 0.142 e. The number of aromatic amines is 1. The van der Waals surface area contributed by atoms with Crippen molar-refractivity contribution in [3.8, 4) is 17.0 Å². The minimum atomic E-state index is -0.187. The van der Waals surface area contributed by atoms with Gasteiger partial charge in [-0.25, -0.2) is 4.39 Å². The average Bonchev–Trinajstić information content (AvgIpc) is 2.85. The number of nitrogens with one attached hydrogen (secondary N) is 1. The first-order valence-electron chi connectivity index (χ1n) is 6.38. The Morgan fingerprint density at radius 1 is 1.25 bits per heavy atom. The van der Waals surface area contributed by atoms with E-state index >= 15 is 0 Å². The summed E-state index contributed by atoms with van der Waals surface area (Å²) in [7, 11) is 1.67. The highest BCUT2D eigenvalue weighted by molar-refractivity contribution is 7.98. The van der Waals surface area contributed by atoms with Gasteiger partial charge in [-0.15, -0.1) is 11.8 Å². The summed E-state index contributed by atoms with van der Waals surface area (Å²) in [4.78, 5) is 4.44. The minimum absolute atomic E-state index is 0.187. The Hall–Kier alpha value is -1.94. The monoisotopic (exact) mass is 285 g/mol. The second-order valence-corrected chi connectivity index (χ2v) is 5.81. The van der Waals surface area contributed by atoms with E-state index in [1.807, 2.05) is 18.2 Å². The molecule has 0 bridgehead atoms. The number of halogens is 1. The number of thioether (sulfide) groups is 1. The van der Waals surface area contributed by atoms with E-state index in [2.05, 4.69) is 11.1 Å². The van der Waals surface area contributed by atoms with Gasteiger partial charge in [-0.3, -0.25) is 0 Å². The largest absolute Gasteiger partial charge is 0.495 e. The maximum atomic E-state index is 13.4. The number of fused-ring (bicyclic) bond motifs is 5. The van der Waals surface area contributed by atoms with E-state index in [9.17, 15) is 4.39 Å². The molecule has 0 unspecified atom stereocenters. The molecule has 1 aliphatic heterocycles. The molecule has 0 saturated carbocycles. The molecule has 1 aromatic heterocycles. The van der Waals surface area contributed by atoms with Crippen molar-refractivity contribution >= 4 is 22.7 Å². The third-order valence-corrected chi connectivity index (χ3v) is 4.79. The number of methoxy groups -OCH3 is 1. The van der Waals surface area contributed by atoms with Crippen LogP contribution >= 0.6 is 11.8 Å². The van der Waals surface area contributed by atoms with Gasteiger partial charge in [0, 0.05) is 21.6 Å². The van der Waals surface area contributed by atoms with Gasteiger partial charge in [0.15, 0.2) is 0 Å². The second-order valence-electron chi connectivity index (χ2n) is 4.79. The normalized spacial score (nSPS) is 13.1. The molecule has 20 heavy (non-hydrogen) atoms. The first kappa shape index (κ1) is 11.9. The van der Waals surface area contributed by atoms with Crippen LogP contribution in [-0.2, 0) is 5.75 Å². The van der Waals surface area contributed by atoms with E-state index < -0.39 is 0 Å². The van der Waals surface area contributed by atoms with Crippen LogP contribution in [0.3, 0.4) is 0 Å². The molecule has 1 N–H and O–H groups in total. The van der Waals surface area contributed by atoms with Crippen molar-refractivity contribution in [1.82, 2.24) is 4.98 Å². The zero-order valence-corrected chi connectivity index (χ0v) is 11.7. The summed E-state index contributed by atoms with van der Waals surface area (Å²) in [6.07, 6.45) is 0. The van der Waals surface area contributed by atoms with Crippen LogP contribution in [0, 0.1) is 5.82 Å². The van der Waals surface area contributed by atoms with Gasteiger partial charge in [0.1, 0.15) is 11.6 Å². The van der Waals surface area contributed by atoms with Crippen LogP contribution in [0.5, 0.6) is 5.75 Å². The highest BCUT2D eigenvalue weighted by Gasteiger charge is 2.22. The van der Waals surface area contributed by atoms with Gasteiger partial charge in [0.25, 0.3) is 0 Å². The molecule has 0 saturated heterocycles. The summed E-state index contributed by atoms with van der Waals surface area (Å²) in [6, 6.07) is 11.0. The topological polar surface area (TPSA) is 25.0 Å². The predicted octanol–water partition coefficient (Wildman–Crippen LogP) is 4.59. The molecular formula is C16H12FNOS. The average molecular weight is 285 g/mol. The second kappa shape index (κ2) is 4.28. The van der Waals surface area contributed by atoms with E-state index in [1.54, 1.807) is 24.9 Å². The lowest BCUT2D eigenvalue weighted by Crippen LogP contribution is -1.94. The first-order valence-corrected chi connectivity index (χ1v) is 7.37. The van der Waals surface area contributed by atoms with Crippen molar-refractivity contribution in [3.63, 3.8) is 0 Å². The number of benzene rings is 2. The van der Waals surface area contributed by atoms with Crippen LogP contribution in [0.2, 0.25) is 0 Å². The van der Waals surface area contributed by atoms with Crippen LogP contribution in [0.4, 0.5) is 4.39 Å². The van der Waals surface area contributed by atoms with Crippen LogP contribution in [0.25, 0.3) is 22.2 Å². The lowest BCUT2D eigenvalue weighted by Gasteiger charge is -2.15. The molecule has 2 aromatic carbocycles. The minimum Gasteiger partial charge on any atom is -0.495 e. The molecule has 4 rings (SSSR count). The molecule has 0 radical (unpaired) electrons. The van der Waals surface area contributed by atoms with E-state index in [-0.39, 0.29) is 5.82 Å². The quantitative estimate of drug-likeness (QED) is 0.707. The number of ether oxygens (including phenoxy) is 1. The molecule has 0 amide bonds. The predicted molar refractivity (Wildman–Crippen MR) is 79.8 cm³/mol. The van der Waals surface area contributed by atoms with Crippen molar-refractivity contribution in [2.45, 2.75) is 10.6 Å². The molecular weight excluding hydrogens is 273 g/mol. The van der Waals surface area contributed by atoms with Crippen molar-refractivity contribution in [1.29, 1.82) is 0 Å². The van der Waals surface area contributed by atoms with Crippen molar-refractivity contribution < 1.29 is 9.13 Å². The van der Waals surface area contributed by atoms with Crippen LogP contribution < -0.4 is 4.74 Å². The fraction of sp³-hybridized carbons (Fsp3) is 0.125. The number of para-hydroxylation sites is 1. The van der Waals surface area contributed by atoms with Gasteiger partial charge >= 0.3 is 0 Å². The molecule has 4 heteroatoms. The molecule has 0 fully saturated rings. The Morgan fingerprint density at radius 3 is 3.00 bits per heavy atom. The van der Waals surface area contributed by atoms with Gasteiger partial charge in [-0.2, -0.15) is 0 Å². The fourth-order valence-electron chi connectivity index (χ4n) is 2.77. The third kappa shape index (κ3) is 1.58. The van der Waals surface area contributed by atoms with Crippen molar-refractivity contribution in [2.75, 3.05) is 7.11 Å². The number of hydrogen-bond acceptors (Lipinski definition) is 2. The summed E-state index contributed by atoms with van der Waals surface area (Å²) in [5, 5.41) is 1.18. The molecule has 2 heterocycles. The molecule has 0 aliphatic carbocycles. The Labute approximate surface area is 120 Å². The number of H-pyrrole nitrogens is 1. The van der Waals surface area contributed by atoms with E-state index in [1.165, 1.54) is 17.0 Å². The SMILES string of the molecule is COc1cccc2c3c([nH]c12)-c1ccc(F)cc1SC3. The van der Waals surface area contributed by atoms with Gasteiger partial charge in [-0.1, -0.05) is 12.1 Å². The highest BCUT2D eigenvalue weighted by atomic mass is 32.2. The molecule has 100 valence electrons. The fourth-order valence-corrected chi connectivity index (χ4v) is 3.89. The summed E-state index contributed by atoms with van der Waals surface area (Å²) in [5.74, 6) is 1.50. The molecule has 0 spiro atoms. The van der Waals surface area contributed by atoms with Crippen LogP contribution in [0.15, 0.2) is 41.3 Å². The van der Waals surface area contributed by atoms with Gasteiger partial charge in [0.05, 0.1) is 18.3 Å². The van der Waals surface area contributed by atoms with Crippen LogP contribution in [-0.4, -0.2) is 12.1 Å². The zero-order chi connectivity index (χ0) is 13.7. The van der Waals surface area contributed by atoms with E-state index in [0.29, 0.717) is 0 Å². The molecule has 1 aliphatic rings. The Morgan fingerprint density at radius 2 is 2.15 bits per heavy atom. The van der Waals surface area contributed by atoms with Gasteiger partial charge in [-0.05, 0) is 29.8 Å². The van der Waals surface area contributed by atoms with E-state index in [4.69, 9.17) is 4.74 Å². The lowest BCUT2D eigenvalue weighted by atomic mass is 10.1. The first-order chi connectivity index (χ1) is 9.78. The molecule has 0 atom stereocenters. The summed E-state index contributed by atoms with van der Waals surface area (Å²) in [5.41, 5.74) is 4.43. The summed E-state index contributed by atoms with van der Waals surface area (Å²) in [6.45, 7) is 0. The van der Waals surface area contributed by atoms with Crippen molar-refractivity contribution in [3.05, 3.63) is 47.8 Å². The number of aromatic nitrogens is 1. The molecule has 2 nitrogen and oxygen atoms in total. The zero-order valence-electron chi connectivity index (χ0n) is 10.9. The maximum absolute atomic E-state index is 13.4. The Kier molecular flexibility index (Phi) is 2.54. The Bertz CT molecular complexity index is 825. The van der Waals surface area contributed by atoms with E-state index in [0.717, 1.165) is 33.2 Å². The van der Waals surface area contributed by atoms with Gasteiger partial charge < -0.3 is 9.72 Å². The lowest BCUT2D eigenvalue weighted by molar-refractivity contribution is 0.419. The smallest absolute Gasteiger partial charge is 0.142 e. The third-order valence-electron chi connectivity index (χ3n) is 3.71. The standard InChI is InChI=1S/C16H12FNOS/c1-19-13-4-2-3-10-12-8-20-14-7-9(17)5-6-11(14)15(12)18-16(10)13/h2-7,18H,8H2,1H3. The molecule has 3 aromatic rings. The van der Waals surface area contributed by atoms with Crippen LogP contribution in [0.1, 0.15) is 5.56 Å².